The number of methoxy groups -OCH3 is 1. The number of ether oxygens (including phenoxy) is 1. The summed E-state index contributed by atoms with van der Waals surface area (Å²) < 4.78 is 42.8. The van der Waals surface area contributed by atoms with Crippen LogP contribution in [0.1, 0.15) is 22.6 Å². The molecule has 0 amide bonds. The highest BCUT2D eigenvalue weighted by atomic mass is 32.3. The highest BCUT2D eigenvalue weighted by molar-refractivity contribution is 7.80. The summed E-state index contributed by atoms with van der Waals surface area (Å²) in [5.41, 5.74) is 6.20. The van der Waals surface area contributed by atoms with Gasteiger partial charge in [0.15, 0.2) is 0 Å². The molecule has 1 aliphatic heterocycles. The van der Waals surface area contributed by atoms with Crippen LogP contribution in [0.2, 0.25) is 0 Å². The van der Waals surface area contributed by atoms with Crippen LogP contribution >= 0.6 is 0 Å². The molecule has 1 aromatic carbocycles. The van der Waals surface area contributed by atoms with Gasteiger partial charge in [0.25, 0.3) is 0 Å². The second-order valence-electron chi connectivity index (χ2n) is 7.28. The number of aromatic amines is 1. The number of allylic oxidation sites excluding steroid dienone is 1. The minimum absolute atomic E-state index is 0.206. The summed E-state index contributed by atoms with van der Waals surface area (Å²) in [7, 11) is -2.91. The molecule has 0 unspecified atom stereocenters. The number of nitrogens with zero attached hydrogens (tertiary/aromatic N) is 2. The van der Waals surface area contributed by atoms with Gasteiger partial charge >= 0.3 is 10.4 Å². The van der Waals surface area contributed by atoms with Crippen molar-refractivity contribution in [3.05, 3.63) is 76.6 Å². The van der Waals surface area contributed by atoms with Crippen LogP contribution in [0.4, 0.5) is 0 Å². The molecule has 1 aliphatic rings. The first-order valence-electron chi connectivity index (χ1n) is 9.68. The highest BCUT2D eigenvalue weighted by Gasteiger charge is 2.21. The van der Waals surface area contributed by atoms with Crippen LogP contribution in [0, 0.1) is 13.8 Å². The Morgan fingerprint density at radius 3 is 2.68 bits per heavy atom. The summed E-state index contributed by atoms with van der Waals surface area (Å²) in [4.78, 5) is 8.09. The Labute approximate surface area is 180 Å². The van der Waals surface area contributed by atoms with Gasteiger partial charge in [-0.05, 0) is 43.7 Å². The van der Waals surface area contributed by atoms with Crippen molar-refractivity contribution in [1.82, 2.24) is 9.55 Å². The fourth-order valence-electron chi connectivity index (χ4n) is 3.75. The van der Waals surface area contributed by atoms with E-state index < -0.39 is 10.4 Å². The lowest BCUT2D eigenvalue weighted by Gasteiger charge is -2.09. The molecule has 0 saturated carbocycles. The third kappa shape index (κ3) is 4.48. The number of aliphatic imine (C=N–C) groups is 1. The smallest absolute Gasteiger partial charge is 0.397 e. The van der Waals surface area contributed by atoms with Gasteiger partial charge in [-0.2, -0.15) is 8.42 Å². The molecule has 3 aromatic rings. The van der Waals surface area contributed by atoms with Crippen LogP contribution in [0.25, 0.3) is 17.0 Å². The Hall–Kier alpha value is -3.14. The first kappa shape index (κ1) is 21.1. The number of hydrogen-bond acceptors (Lipinski definition) is 5. The number of aromatic nitrogens is 2. The molecule has 162 valence electrons. The lowest BCUT2D eigenvalue weighted by molar-refractivity contribution is 0.258. The lowest BCUT2D eigenvalue weighted by atomic mass is 10.2. The molecular weight excluding hydrogens is 418 g/mol. The lowest BCUT2D eigenvalue weighted by Crippen LogP contribution is -2.14. The standard InChI is InChI=1S/C22H23N3O5S/c1-14-10-15(2)23-17(14)12-19-22(29-3)13-18(24-19)21-11-16-6-4-5-7-20(16)25(21)8-9-30-31(26,27)28/h4-7,10-13,23H,8-9H2,1-3H3,(H,26,27,28)/b19-12-. The van der Waals surface area contributed by atoms with Gasteiger partial charge in [-0.25, -0.2) is 9.18 Å². The van der Waals surface area contributed by atoms with Crippen LogP contribution in [-0.4, -0.2) is 41.9 Å². The van der Waals surface area contributed by atoms with Crippen molar-refractivity contribution in [3.8, 4) is 0 Å². The number of nitrogens with one attached hydrogen (secondary N) is 1. The average Bonchev–Trinajstić information content (AvgIpc) is 3.36. The first-order valence-corrected chi connectivity index (χ1v) is 11.0. The summed E-state index contributed by atoms with van der Waals surface area (Å²) >= 11 is 0. The monoisotopic (exact) mass is 441 g/mol. The Balaban J connectivity index is 1.76. The third-order valence-electron chi connectivity index (χ3n) is 5.07. The molecule has 8 nitrogen and oxygen atoms in total. The zero-order chi connectivity index (χ0) is 22.2. The fraction of sp³-hybridized carbons (Fsp3) is 0.227. The molecule has 0 saturated heterocycles. The van der Waals surface area contributed by atoms with E-state index in [9.17, 15) is 8.42 Å². The van der Waals surface area contributed by atoms with Gasteiger partial charge in [0, 0.05) is 34.9 Å². The van der Waals surface area contributed by atoms with Crippen molar-refractivity contribution in [1.29, 1.82) is 0 Å². The molecule has 4 rings (SSSR count). The fourth-order valence-corrected chi connectivity index (χ4v) is 4.03. The molecule has 0 bridgehead atoms. The molecule has 9 heteroatoms. The summed E-state index contributed by atoms with van der Waals surface area (Å²) in [5, 5.41) is 0.979. The Kier molecular flexibility index (Phi) is 5.57. The topological polar surface area (TPSA) is 106 Å². The third-order valence-corrected chi connectivity index (χ3v) is 5.54. The number of rotatable bonds is 7. The van der Waals surface area contributed by atoms with Gasteiger partial charge in [-0.15, -0.1) is 0 Å². The molecule has 2 aromatic heterocycles. The van der Waals surface area contributed by atoms with E-state index in [4.69, 9.17) is 14.3 Å². The van der Waals surface area contributed by atoms with Crippen molar-refractivity contribution < 1.29 is 21.9 Å². The molecule has 31 heavy (non-hydrogen) atoms. The van der Waals surface area contributed by atoms with E-state index in [-0.39, 0.29) is 13.2 Å². The second-order valence-corrected chi connectivity index (χ2v) is 8.37. The van der Waals surface area contributed by atoms with Crippen molar-refractivity contribution in [3.63, 3.8) is 0 Å². The summed E-state index contributed by atoms with van der Waals surface area (Å²) in [6.07, 6.45) is 3.80. The zero-order valence-corrected chi connectivity index (χ0v) is 18.2. The molecule has 0 spiro atoms. The van der Waals surface area contributed by atoms with Gasteiger partial charge in [-0.1, -0.05) is 18.2 Å². The van der Waals surface area contributed by atoms with Gasteiger partial charge < -0.3 is 14.3 Å². The maximum absolute atomic E-state index is 11.0. The second kappa shape index (κ2) is 8.18. The molecule has 0 atom stereocenters. The quantitative estimate of drug-likeness (QED) is 0.543. The van der Waals surface area contributed by atoms with Crippen molar-refractivity contribution >= 4 is 33.1 Å². The van der Waals surface area contributed by atoms with Gasteiger partial charge in [-0.3, -0.25) is 4.55 Å². The van der Waals surface area contributed by atoms with E-state index in [0.717, 1.165) is 33.5 Å². The van der Waals surface area contributed by atoms with Crippen LogP contribution < -0.4 is 0 Å². The number of hydrogen-bond donors (Lipinski definition) is 2. The largest absolute Gasteiger partial charge is 0.494 e. The highest BCUT2D eigenvalue weighted by Crippen LogP contribution is 2.29. The Morgan fingerprint density at radius 2 is 2.00 bits per heavy atom. The maximum Gasteiger partial charge on any atom is 0.397 e. The van der Waals surface area contributed by atoms with Gasteiger partial charge in [0.05, 0.1) is 25.1 Å². The Morgan fingerprint density at radius 1 is 1.23 bits per heavy atom. The SMILES string of the molecule is COC1=CC(c2cc3ccccc3n2CCOS(=O)(=O)O)=N/C1=C\c1[nH]c(C)cc1C. The summed E-state index contributed by atoms with van der Waals surface area (Å²) in [6, 6.07) is 11.8. The molecule has 0 radical (unpaired) electrons. The van der Waals surface area contributed by atoms with E-state index in [0.29, 0.717) is 17.2 Å². The van der Waals surface area contributed by atoms with E-state index in [2.05, 4.69) is 15.2 Å². The minimum atomic E-state index is -4.51. The molecule has 2 N–H and O–H groups in total. The average molecular weight is 442 g/mol. The normalized spacial score (nSPS) is 15.5. The van der Waals surface area contributed by atoms with Gasteiger partial charge in [0.2, 0.25) is 0 Å². The number of aryl methyl sites for hydroxylation is 2. The summed E-state index contributed by atoms with van der Waals surface area (Å²) in [5.74, 6) is 0.632. The molecule has 3 heterocycles. The number of para-hydroxylation sites is 1. The van der Waals surface area contributed by atoms with Crippen LogP contribution in [0.15, 0.2) is 58.9 Å². The van der Waals surface area contributed by atoms with Crippen LogP contribution in [0.5, 0.6) is 0 Å². The predicted octanol–water partition coefficient (Wildman–Crippen LogP) is 3.78. The molecule has 0 fully saturated rings. The van der Waals surface area contributed by atoms with E-state index in [1.54, 1.807) is 7.11 Å². The molecule has 0 aliphatic carbocycles. The van der Waals surface area contributed by atoms with Crippen LogP contribution in [-0.2, 0) is 25.9 Å². The minimum Gasteiger partial charge on any atom is -0.494 e. The van der Waals surface area contributed by atoms with Crippen LogP contribution in [0.3, 0.4) is 0 Å². The zero-order valence-electron chi connectivity index (χ0n) is 17.4. The Bertz CT molecular complexity index is 1340. The van der Waals surface area contributed by atoms with E-state index >= 15 is 0 Å². The molecular formula is C22H23N3O5S. The van der Waals surface area contributed by atoms with E-state index in [1.165, 1.54) is 0 Å². The maximum atomic E-state index is 11.0. The number of fused-ring (bicyclic) bond motifs is 1. The van der Waals surface area contributed by atoms with E-state index in [1.807, 2.05) is 60.9 Å². The number of benzene rings is 1. The van der Waals surface area contributed by atoms with Crippen molar-refractivity contribution in [2.45, 2.75) is 20.4 Å². The first-order chi connectivity index (χ1) is 14.7. The van der Waals surface area contributed by atoms with Crippen molar-refractivity contribution in [2.24, 2.45) is 4.99 Å². The number of H-pyrrole nitrogens is 1. The predicted molar refractivity (Wildman–Crippen MR) is 119 cm³/mol. The summed E-state index contributed by atoms with van der Waals surface area (Å²) in [6.45, 7) is 4.03. The van der Waals surface area contributed by atoms with Crippen molar-refractivity contribution in [2.75, 3.05) is 13.7 Å². The van der Waals surface area contributed by atoms with Gasteiger partial charge in [0.1, 0.15) is 11.5 Å².